The quantitative estimate of drug-likeness (QED) is 0.497. The zero-order valence-corrected chi connectivity index (χ0v) is 8.47. The lowest BCUT2D eigenvalue weighted by molar-refractivity contribution is -0.165. The van der Waals surface area contributed by atoms with Gasteiger partial charge in [0, 0.05) is 6.61 Å². The molecule has 0 radical (unpaired) electrons. The fourth-order valence-corrected chi connectivity index (χ4v) is 1.40. The normalized spacial score (nSPS) is 27.5. The van der Waals surface area contributed by atoms with Crippen LogP contribution in [0.25, 0.3) is 0 Å². The Balaban J connectivity index is 2.29. The zero-order valence-electron chi connectivity index (χ0n) is 8.47. The number of carbonyl (C=O) groups excluding carboxylic acids is 1. The van der Waals surface area contributed by atoms with E-state index in [2.05, 4.69) is 6.92 Å². The van der Waals surface area contributed by atoms with E-state index in [1.54, 1.807) is 0 Å². The molecule has 0 saturated carbocycles. The van der Waals surface area contributed by atoms with E-state index in [-0.39, 0.29) is 5.97 Å². The van der Waals surface area contributed by atoms with Crippen LogP contribution in [0.15, 0.2) is 0 Å². The summed E-state index contributed by atoms with van der Waals surface area (Å²) in [6.07, 6.45) is 3.73. The molecule has 1 heterocycles. The Morgan fingerprint density at radius 1 is 1.62 bits per heavy atom. The van der Waals surface area contributed by atoms with E-state index in [4.69, 9.17) is 9.47 Å². The number of hydrogen-bond acceptors (Lipinski definition) is 3. The number of carbonyl (C=O) groups is 1. The van der Waals surface area contributed by atoms with Crippen LogP contribution in [0.3, 0.4) is 0 Å². The fourth-order valence-electron chi connectivity index (χ4n) is 1.40. The number of unbranched alkanes of at least 4 members (excludes halogenated alkanes) is 1. The highest BCUT2D eigenvalue weighted by Crippen LogP contribution is 2.26. The Bertz CT molecular complexity index is 171. The molecule has 0 aliphatic carbocycles. The van der Waals surface area contributed by atoms with Crippen molar-refractivity contribution in [1.82, 2.24) is 0 Å². The topological polar surface area (TPSA) is 35.5 Å². The van der Waals surface area contributed by atoms with Gasteiger partial charge in [0.1, 0.15) is 0 Å². The molecular weight excluding hydrogens is 168 g/mol. The standard InChI is InChI=1S/C10H18O3/c1-3-4-7-12-9(11)10(2)6-5-8-13-10/h3-8H2,1-2H3. The second kappa shape index (κ2) is 4.61. The maximum atomic E-state index is 11.5. The molecule has 13 heavy (non-hydrogen) atoms. The second-order valence-corrected chi connectivity index (χ2v) is 3.67. The summed E-state index contributed by atoms with van der Waals surface area (Å²) in [5.41, 5.74) is -0.659. The molecule has 1 atom stereocenters. The molecule has 76 valence electrons. The first-order valence-corrected chi connectivity index (χ1v) is 5.00. The number of esters is 1. The molecule has 0 aromatic rings. The first-order chi connectivity index (χ1) is 6.19. The third-order valence-electron chi connectivity index (χ3n) is 2.38. The molecule has 0 spiro atoms. The average Bonchev–Trinajstić information content (AvgIpc) is 2.54. The molecule has 0 bridgehead atoms. The van der Waals surface area contributed by atoms with E-state index in [9.17, 15) is 4.79 Å². The van der Waals surface area contributed by atoms with E-state index in [1.807, 2.05) is 6.92 Å². The van der Waals surface area contributed by atoms with Crippen LogP contribution < -0.4 is 0 Å². The monoisotopic (exact) mass is 186 g/mol. The van der Waals surface area contributed by atoms with Gasteiger partial charge in [-0.15, -0.1) is 0 Å². The highest BCUT2D eigenvalue weighted by molar-refractivity contribution is 5.79. The first kappa shape index (κ1) is 10.5. The summed E-state index contributed by atoms with van der Waals surface area (Å²) in [6.45, 7) is 5.09. The van der Waals surface area contributed by atoms with Gasteiger partial charge in [-0.2, -0.15) is 0 Å². The van der Waals surface area contributed by atoms with Gasteiger partial charge in [0.25, 0.3) is 0 Å². The van der Waals surface area contributed by atoms with E-state index in [1.165, 1.54) is 0 Å². The summed E-state index contributed by atoms with van der Waals surface area (Å²) < 4.78 is 10.5. The lowest BCUT2D eigenvalue weighted by atomic mass is 10.0. The van der Waals surface area contributed by atoms with Crippen molar-refractivity contribution in [3.8, 4) is 0 Å². The Hall–Kier alpha value is -0.570. The van der Waals surface area contributed by atoms with Crippen molar-refractivity contribution >= 4 is 5.97 Å². The van der Waals surface area contributed by atoms with Gasteiger partial charge in [-0.1, -0.05) is 13.3 Å². The third-order valence-corrected chi connectivity index (χ3v) is 2.38. The number of ether oxygens (including phenoxy) is 2. The van der Waals surface area contributed by atoms with Gasteiger partial charge in [-0.3, -0.25) is 0 Å². The maximum Gasteiger partial charge on any atom is 0.338 e. The minimum Gasteiger partial charge on any atom is -0.464 e. The summed E-state index contributed by atoms with van der Waals surface area (Å²) in [7, 11) is 0. The van der Waals surface area contributed by atoms with Crippen LogP contribution in [0.5, 0.6) is 0 Å². The fraction of sp³-hybridized carbons (Fsp3) is 0.900. The van der Waals surface area contributed by atoms with Crippen molar-refractivity contribution in [3.63, 3.8) is 0 Å². The minimum atomic E-state index is -0.659. The molecule has 1 aliphatic rings. The highest BCUT2D eigenvalue weighted by atomic mass is 16.6. The largest absolute Gasteiger partial charge is 0.464 e. The van der Waals surface area contributed by atoms with Crippen molar-refractivity contribution < 1.29 is 14.3 Å². The molecule has 0 N–H and O–H groups in total. The average molecular weight is 186 g/mol. The van der Waals surface area contributed by atoms with Gasteiger partial charge in [-0.05, 0) is 26.2 Å². The van der Waals surface area contributed by atoms with E-state index >= 15 is 0 Å². The predicted octanol–water partition coefficient (Wildman–Crippen LogP) is 1.90. The number of rotatable bonds is 4. The lowest BCUT2D eigenvalue weighted by Crippen LogP contribution is -2.36. The molecule has 0 aromatic heterocycles. The molecule has 1 aliphatic heterocycles. The van der Waals surface area contributed by atoms with Gasteiger partial charge in [0.2, 0.25) is 0 Å². The van der Waals surface area contributed by atoms with Crippen molar-refractivity contribution in [2.75, 3.05) is 13.2 Å². The van der Waals surface area contributed by atoms with Crippen molar-refractivity contribution in [1.29, 1.82) is 0 Å². The van der Waals surface area contributed by atoms with Crippen LogP contribution in [0, 0.1) is 0 Å². The Labute approximate surface area is 79.4 Å². The van der Waals surface area contributed by atoms with Crippen LogP contribution in [-0.2, 0) is 14.3 Å². The van der Waals surface area contributed by atoms with Crippen LogP contribution in [-0.4, -0.2) is 24.8 Å². The number of hydrogen-bond donors (Lipinski definition) is 0. The SMILES string of the molecule is CCCCOC(=O)C1(C)CCCO1. The van der Waals surface area contributed by atoms with E-state index in [0.29, 0.717) is 13.2 Å². The molecular formula is C10H18O3. The molecule has 3 heteroatoms. The van der Waals surface area contributed by atoms with Crippen molar-refractivity contribution in [2.45, 2.75) is 45.1 Å². The minimum absolute atomic E-state index is 0.196. The lowest BCUT2D eigenvalue weighted by Gasteiger charge is -2.20. The van der Waals surface area contributed by atoms with Crippen LogP contribution in [0.2, 0.25) is 0 Å². The Kier molecular flexibility index (Phi) is 3.72. The van der Waals surface area contributed by atoms with Gasteiger partial charge in [0.05, 0.1) is 6.61 Å². The van der Waals surface area contributed by atoms with Crippen LogP contribution >= 0.6 is 0 Å². The van der Waals surface area contributed by atoms with Crippen LogP contribution in [0.1, 0.15) is 39.5 Å². The molecule has 1 fully saturated rings. The van der Waals surface area contributed by atoms with E-state index < -0.39 is 5.60 Å². The van der Waals surface area contributed by atoms with Crippen LogP contribution in [0.4, 0.5) is 0 Å². The molecule has 1 unspecified atom stereocenters. The van der Waals surface area contributed by atoms with E-state index in [0.717, 1.165) is 25.7 Å². The van der Waals surface area contributed by atoms with Gasteiger partial charge in [0.15, 0.2) is 5.60 Å². The molecule has 1 saturated heterocycles. The zero-order chi connectivity index (χ0) is 9.73. The summed E-state index contributed by atoms with van der Waals surface area (Å²) in [5, 5.41) is 0. The van der Waals surface area contributed by atoms with Gasteiger partial charge in [-0.25, -0.2) is 4.79 Å². The van der Waals surface area contributed by atoms with Crippen molar-refractivity contribution in [3.05, 3.63) is 0 Å². The Morgan fingerprint density at radius 3 is 2.92 bits per heavy atom. The summed E-state index contributed by atoms with van der Waals surface area (Å²) in [4.78, 5) is 11.5. The summed E-state index contributed by atoms with van der Waals surface area (Å²) in [5.74, 6) is -0.196. The summed E-state index contributed by atoms with van der Waals surface area (Å²) in [6, 6.07) is 0. The molecule has 0 amide bonds. The van der Waals surface area contributed by atoms with Gasteiger partial charge < -0.3 is 9.47 Å². The maximum absolute atomic E-state index is 11.5. The Morgan fingerprint density at radius 2 is 2.38 bits per heavy atom. The summed E-state index contributed by atoms with van der Waals surface area (Å²) >= 11 is 0. The smallest absolute Gasteiger partial charge is 0.338 e. The third kappa shape index (κ3) is 2.69. The second-order valence-electron chi connectivity index (χ2n) is 3.67. The van der Waals surface area contributed by atoms with Crippen molar-refractivity contribution in [2.24, 2.45) is 0 Å². The molecule has 1 rings (SSSR count). The predicted molar refractivity (Wildman–Crippen MR) is 49.5 cm³/mol. The molecule has 0 aromatic carbocycles. The highest BCUT2D eigenvalue weighted by Gasteiger charge is 2.39. The molecule has 3 nitrogen and oxygen atoms in total. The first-order valence-electron chi connectivity index (χ1n) is 5.00. The van der Waals surface area contributed by atoms with Gasteiger partial charge >= 0.3 is 5.97 Å².